The van der Waals surface area contributed by atoms with Gasteiger partial charge >= 0.3 is 0 Å². The van der Waals surface area contributed by atoms with Crippen LogP contribution in [0.1, 0.15) is 17.7 Å². The second-order valence-corrected chi connectivity index (χ2v) is 7.85. The summed E-state index contributed by atoms with van der Waals surface area (Å²) in [6.45, 7) is 7.39. The van der Waals surface area contributed by atoms with E-state index in [-0.39, 0.29) is 5.82 Å². The molecular weight excluding hydrogens is 381 g/mol. The zero-order chi connectivity index (χ0) is 20.5. The molecule has 0 atom stereocenters. The number of morpholine rings is 1. The molecule has 5 rings (SSSR count). The lowest BCUT2D eigenvalue weighted by atomic mass is 10.0. The normalized spacial score (nSPS) is 16.6. The Morgan fingerprint density at radius 2 is 1.87 bits per heavy atom. The van der Waals surface area contributed by atoms with E-state index in [9.17, 15) is 4.39 Å². The molecule has 3 aromatic rings. The first-order valence-electron chi connectivity index (χ1n) is 10.6. The molecule has 4 heterocycles. The Bertz CT molecular complexity index is 1040. The zero-order valence-corrected chi connectivity index (χ0v) is 17.2. The van der Waals surface area contributed by atoms with Gasteiger partial charge in [0.1, 0.15) is 17.5 Å². The van der Waals surface area contributed by atoms with Gasteiger partial charge in [0.25, 0.3) is 0 Å². The summed E-state index contributed by atoms with van der Waals surface area (Å²) in [6.07, 6.45) is 2.84. The average Bonchev–Trinajstić information content (AvgIpc) is 3.12. The van der Waals surface area contributed by atoms with Crippen LogP contribution in [0.15, 0.2) is 42.6 Å². The second-order valence-electron chi connectivity index (χ2n) is 7.85. The number of fused-ring (bicyclic) bond motifs is 1. The van der Waals surface area contributed by atoms with Crippen molar-refractivity contribution in [1.82, 2.24) is 14.8 Å². The third-order valence-electron chi connectivity index (χ3n) is 5.88. The molecule has 0 amide bonds. The molecule has 2 aliphatic rings. The molecule has 7 heteroatoms. The minimum atomic E-state index is -0.164. The van der Waals surface area contributed by atoms with Gasteiger partial charge < -0.3 is 14.5 Å². The number of ether oxygens (including phenoxy) is 1. The SMILES string of the molecule is Cc1nn2c(c1-c1cccnc1N1CCOCC1)N(Cc1ccccc1F)CCC2. The fourth-order valence-electron chi connectivity index (χ4n) is 4.48. The topological polar surface area (TPSA) is 46.4 Å². The van der Waals surface area contributed by atoms with Crippen molar-refractivity contribution in [3.05, 3.63) is 59.7 Å². The highest BCUT2D eigenvalue weighted by atomic mass is 19.1. The van der Waals surface area contributed by atoms with Gasteiger partial charge in [-0.1, -0.05) is 18.2 Å². The molecule has 1 aromatic carbocycles. The van der Waals surface area contributed by atoms with Gasteiger partial charge in [0.2, 0.25) is 0 Å². The molecule has 156 valence electrons. The van der Waals surface area contributed by atoms with Crippen molar-refractivity contribution < 1.29 is 9.13 Å². The Morgan fingerprint density at radius 3 is 2.70 bits per heavy atom. The van der Waals surface area contributed by atoms with Crippen LogP contribution in [0.2, 0.25) is 0 Å². The van der Waals surface area contributed by atoms with Crippen LogP contribution in [0.5, 0.6) is 0 Å². The van der Waals surface area contributed by atoms with Gasteiger partial charge in [0, 0.05) is 50.0 Å². The summed E-state index contributed by atoms with van der Waals surface area (Å²) in [5.41, 5.74) is 3.86. The summed E-state index contributed by atoms with van der Waals surface area (Å²) in [4.78, 5) is 9.27. The van der Waals surface area contributed by atoms with E-state index in [1.165, 1.54) is 6.07 Å². The van der Waals surface area contributed by atoms with Crippen molar-refractivity contribution in [2.75, 3.05) is 42.6 Å². The van der Waals surface area contributed by atoms with Crippen molar-refractivity contribution in [2.45, 2.75) is 26.4 Å². The van der Waals surface area contributed by atoms with Gasteiger partial charge in [-0.25, -0.2) is 14.1 Å². The maximum absolute atomic E-state index is 14.4. The Labute approximate surface area is 175 Å². The standard InChI is InChI=1S/C23H26FN5O/c1-17-21(19-7-4-9-25-22(19)27-12-14-30-15-13-27)23-28(10-5-11-29(23)26-17)16-18-6-2-3-8-20(18)24/h2-4,6-9H,5,10-16H2,1H3. The van der Waals surface area contributed by atoms with Crippen LogP contribution in [-0.2, 0) is 17.8 Å². The molecule has 30 heavy (non-hydrogen) atoms. The Kier molecular flexibility index (Phi) is 5.12. The lowest BCUT2D eigenvalue weighted by Crippen LogP contribution is -2.37. The van der Waals surface area contributed by atoms with E-state index < -0.39 is 0 Å². The van der Waals surface area contributed by atoms with Crippen LogP contribution in [0.4, 0.5) is 16.0 Å². The lowest BCUT2D eigenvalue weighted by Gasteiger charge is -2.32. The molecule has 0 N–H and O–H groups in total. The smallest absolute Gasteiger partial charge is 0.136 e. The first-order valence-corrected chi connectivity index (χ1v) is 10.6. The molecule has 0 aliphatic carbocycles. The number of pyridine rings is 1. The number of nitrogens with zero attached hydrogens (tertiary/aromatic N) is 5. The third-order valence-corrected chi connectivity index (χ3v) is 5.88. The minimum Gasteiger partial charge on any atom is -0.378 e. The summed E-state index contributed by atoms with van der Waals surface area (Å²) in [5, 5.41) is 4.84. The van der Waals surface area contributed by atoms with Crippen molar-refractivity contribution in [3.63, 3.8) is 0 Å². The Morgan fingerprint density at radius 1 is 1.03 bits per heavy atom. The summed E-state index contributed by atoms with van der Waals surface area (Å²) in [7, 11) is 0. The number of anilines is 2. The van der Waals surface area contributed by atoms with E-state index in [0.29, 0.717) is 25.3 Å². The van der Waals surface area contributed by atoms with Gasteiger partial charge in [0.15, 0.2) is 0 Å². The van der Waals surface area contributed by atoms with Gasteiger partial charge in [-0.2, -0.15) is 5.10 Å². The molecule has 0 spiro atoms. The molecule has 1 saturated heterocycles. The molecule has 1 fully saturated rings. The predicted molar refractivity (Wildman–Crippen MR) is 115 cm³/mol. The molecule has 6 nitrogen and oxygen atoms in total. The molecule has 2 aliphatic heterocycles. The Hall–Kier alpha value is -2.93. The largest absolute Gasteiger partial charge is 0.378 e. The number of aryl methyl sites for hydroxylation is 2. The second kappa shape index (κ2) is 8.07. The maximum Gasteiger partial charge on any atom is 0.136 e. The van der Waals surface area contributed by atoms with Gasteiger partial charge in [-0.15, -0.1) is 0 Å². The van der Waals surface area contributed by atoms with Crippen LogP contribution in [-0.4, -0.2) is 47.6 Å². The minimum absolute atomic E-state index is 0.164. The fourth-order valence-corrected chi connectivity index (χ4v) is 4.48. The number of hydrogen-bond acceptors (Lipinski definition) is 5. The van der Waals surface area contributed by atoms with E-state index in [2.05, 4.69) is 27.5 Å². The quantitative estimate of drug-likeness (QED) is 0.661. The summed E-state index contributed by atoms with van der Waals surface area (Å²) in [6, 6.07) is 11.1. The highest BCUT2D eigenvalue weighted by molar-refractivity contribution is 5.86. The molecule has 0 unspecified atom stereocenters. The molecule has 2 aromatic heterocycles. The van der Waals surface area contributed by atoms with Crippen molar-refractivity contribution in [3.8, 4) is 11.1 Å². The molecule has 0 bridgehead atoms. The van der Waals surface area contributed by atoms with Crippen molar-refractivity contribution in [1.29, 1.82) is 0 Å². The molecule has 0 saturated carbocycles. The van der Waals surface area contributed by atoms with Crippen molar-refractivity contribution in [2.24, 2.45) is 0 Å². The highest BCUT2D eigenvalue weighted by Crippen LogP contribution is 2.40. The van der Waals surface area contributed by atoms with Crippen LogP contribution in [0.3, 0.4) is 0 Å². The first-order chi connectivity index (χ1) is 14.7. The van der Waals surface area contributed by atoms with Gasteiger partial charge in [-0.05, 0) is 31.5 Å². The van der Waals surface area contributed by atoms with Gasteiger partial charge in [0.05, 0.1) is 24.5 Å². The van der Waals surface area contributed by atoms with E-state index in [1.807, 2.05) is 24.4 Å². The Balaban J connectivity index is 1.59. The van der Waals surface area contributed by atoms with Crippen LogP contribution in [0.25, 0.3) is 11.1 Å². The predicted octanol–water partition coefficient (Wildman–Crippen LogP) is 3.64. The number of benzene rings is 1. The number of aromatic nitrogens is 3. The lowest BCUT2D eigenvalue weighted by molar-refractivity contribution is 0.122. The monoisotopic (exact) mass is 407 g/mol. The van der Waals surface area contributed by atoms with Gasteiger partial charge in [-0.3, -0.25) is 0 Å². The van der Waals surface area contributed by atoms with Crippen LogP contribution < -0.4 is 9.80 Å². The van der Waals surface area contributed by atoms with Crippen LogP contribution >= 0.6 is 0 Å². The molecule has 0 radical (unpaired) electrons. The molecular formula is C23H26FN5O. The zero-order valence-electron chi connectivity index (χ0n) is 17.2. The number of hydrogen-bond donors (Lipinski definition) is 0. The highest BCUT2D eigenvalue weighted by Gasteiger charge is 2.28. The first kappa shape index (κ1) is 19.1. The van der Waals surface area contributed by atoms with Crippen molar-refractivity contribution >= 4 is 11.6 Å². The fraction of sp³-hybridized carbons (Fsp3) is 0.391. The van der Waals surface area contributed by atoms with E-state index >= 15 is 0 Å². The third kappa shape index (κ3) is 3.43. The van der Waals surface area contributed by atoms with E-state index in [1.54, 1.807) is 6.07 Å². The maximum atomic E-state index is 14.4. The summed E-state index contributed by atoms with van der Waals surface area (Å²) in [5.74, 6) is 1.86. The summed E-state index contributed by atoms with van der Waals surface area (Å²) < 4.78 is 22.0. The summed E-state index contributed by atoms with van der Waals surface area (Å²) >= 11 is 0. The van der Waals surface area contributed by atoms with E-state index in [4.69, 9.17) is 14.8 Å². The number of halogens is 1. The average molecular weight is 407 g/mol. The van der Waals surface area contributed by atoms with E-state index in [0.717, 1.165) is 61.1 Å². The number of rotatable bonds is 4. The van der Waals surface area contributed by atoms with Crippen LogP contribution in [0, 0.1) is 12.7 Å².